The maximum atomic E-state index is 13.3. The van der Waals surface area contributed by atoms with Crippen molar-refractivity contribution in [2.75, 3.05) is 54.6 Å². The molecule has 1 saturated carbocycles. The van der Waals surface area contributed by atoms with Crippen molar-refractivity contribution in [3.8, 4) is 17.2 Å². The first-order chi connectivity index (χ1) is 18.9. The average Bonchev–Trinajstić information content (AvgIpc) is 3.18. The third-order valence-electron chi connectivity index (χ3n) is 8.27. The standard InChI is InChI=1S/C31H38N2O4.C2H6/c1-20-25(15-21-16-27(22-7-6-8-22)31(37-5)29(17-21)36-4)24-10-9-23(35-3)18-28(24)26(20)19-30(34)33-13-11-32(2)12-14-33;1-2/h9-10,15-18,22H,6-8,11-14,19H2,1-5H3;1-2H3/b25-15-;. The van der Waals surface area contributed by atoms with Gasteiger partial charge in [0.1, 0.15) is 5.75 Å². The highest BCUT2D eigenvalue weighted by Crippen LogP contribution is 2.48. The van der Waals surface area contributed by atoms with Crippen LogP contribution in [-0.4, -0.2) is 70.3 Å². The van der Waals surface area contributed by atoms with Gasteiger partial charge in [-0.2, -0.15) is 0 Å². The maximum absolute atomic E-state index is 13.3. The second-order valence-corrected chi connectivity index (χ2v) is 10.4. The number of benzene rings is 2. The van der Waals surface area contributed by atoms with Crippen LogP contribution in [0, 0.1) is 0 Å². The molecule has 6 heteroatoms. The molecule has 3 aliphatic rings. The summed E-state index contributed by atoms with van der Waals surface area (Å²) in [7, 11) is 7.21. The van der Waals surface area contributed by atoms with Gasteiger partial charge in [0.25, 0.3) is 0 Å². The van der Waals surface area contributed by atoms with Gasteiger partial charge in [0.2, 0.25) is 5.91 Å². The number of hydrogen-bond acceptors (Lipinski definition) is 5. The highest BCUT2D eigenvalue weighted by atomic mass is 16.5. The Morgan fingerprint density at radius 3 is 2.26 bits per heavy atom. The fraction of sp³-hybridized carbons (Fsp3) is 0.485. The molecule has 0 unspecified atom stereocenters. The average molecular weight is 533 g/mol. The molecule has 0 atom stereocenters. The van der Waals surface area contributed by atoms with Crippen molar-refractivity contribution in [2.45, 2.75) is 52.4 Å². The summed E-state index contributed by atoms with van der Waals surface area (Å²) in [5.74, 6) is 3.11. The second-order valence-electron chi connectivity index (χ2n) is 10.4. The van der Waals surface area contributed by atoms with E-state index in [4.69, 9.17) is 14.2 Å². The number of carbonyl (C=O) groups excluding carboxylic acids is 1. The summed E-state index contributed by atoms with van der Waals surface area (Å²) in [6.45, 7) is 9.54. The van der Waals surface area contributed by atoms with Gasteiger partial charge in [0.05, 0.1) is 27.8 Å². The van der Waals surface area contributed by atoms with Crippen LogP contribution in [0.5, 0.6) is 17.2 Å². The lowest BCUT2D eigenvalue weighted by atomic mass is 9.79. The van der Waals surface area contributed by atoms with E-state index < -0.39 is 0 Å². The molecule has 0 N–H and O–H groups in total. The Labute approximate surface area is 234 Å². The number of allylic oxidation sites excluding steroid dienone is 2. The lowest BCUT2D eigenvalue weighted by molar-refractivity contribution is -0.131. The number of piperazine rings is 1. The molecule has 2 aliphatic carbocycles. The summed E-state index contributed by atoms with van der Waals surface area (Å²) < 4.78 is 17.1. The van der Waals surface area contributed by atoms with Crippen LogP contribution in [0.1, 0.15) is 74.6 Å². The van der Waals surface area contributed by atoms with Crippen molar-refractivity contribution in [1.82, 2.24) is 9.80 Å². The van der Waals surface area contributed by atoms with Gasteiger partial charge in [0.15, 0.2) is 11.5 Å². The molecular formula is C33H44N2O4. The minimum Gasteiger partial charge on any atom is -0.497 e. The molecule has 0 aromatic heterocycles. The Morgan fingerprint density at radius 2 is 1.67 bits per heavy atom. The molecule has 6 nitrogen and oxygen atoms in total. The summed E-state index contributed by atoms with van der Waals surface area (Å²) in [5.41, 5.74) is 7.91. The summed E-state index contributed by atoms with van der Waals surface area (Å²) in [5, 5.41) is 0. The molecule has 5 rings (SSSR count). The number of ether oxygens (including phenoxy) is 3. The van der Waals surface area contributed by atoms with Crippen molar-refractivity contribution in [1.29, 1.82) is 0 Å². The van der Waals surface area contributed by atoms with Gasteiger partial charge >= 0.3 is 0 Å². The predicted molar refractivity (Wildman–Crippen MR) is 160 cm³/mol. The Morgan fingerprint density at radius 1 is 0.949 bits per heavy atom. The summed E-state index contributed by atoms with van der Waals surface area (Å²) in [4.78, 5) is 17.6. The summed E-state index contributed by atoms with van der Waals surface area (Å²) >= 11 is 0. The van der Waals surface area contributed by atoms with Crippen molar-refractivity contribution in [3.05, 3.63) is 58.2 Å². The first kappa shape index (κ1) is 28.8. The molecule has 210 valence electrons. The van der Waals surface area contributed by atoms with E-state index in [2.05, 4.69) is 49.2 Å². The van der Waals surface area contributed by atoms with Crippen LogP contribution < -0.4 is 14.2 Å². The zero-order valence-electron chi connectivity index (χ0n) is 24.7. The van der Waals surface area contributed by atoms with E-state index in [0.717, 1.165) is 76.8 Å². The van der Waals surface area contributed by atoms with Gasteiger partial charge in [-0.25, -0.2) is 0 Å². The molecule has 0 spiro atoms. The molecule has 0 radical (unpaired) electrons. The molecule has 2 aromatic carbocycles. The van der Waals surface area contributed by atoms with E-state index in [0.29, 0.717) is 12.3 Å². The van der Waals surface area contributed by atoms with Gasteiger partial charge in [0, 0.05) is 31.7 Å². The smallest absolute Gasteiger partial charge is 0.227 e. The first-order valence-electron chi connectivity index (χ1n) is 14.3. The quantitative estimate of drug-likeness (QED) is 0.408. The van der Waals surface area contributed by atoms with Crippen LogP contribution >= 0.6 is 0 Å². The number of nitrogens with zero attached hydrogens (tertiary/aromatic N) is 2. The van der Waals surface area contributed by atoms with Gasteiger partial charge in [-0.05, 0) is 96.5 Å². The Balaban J connectivity index is 0.00000172. The van der Waals surface area contributed by atoms with E-state index in [9.17, 15) is 4.79 Å². The normalized spacial score (nSPS) is 18.3. The van der Waals surface area contributed by atoms with Crippen molar-refractivity contribution >= 4 is 23.1 Å². The molecule has 1 aliphatic heterocycles. The highest BCUT2D eigenvalue weighted by molar-refractivity contribution is 6.08. The molecule has 1 amide bonds. The lowest BCUT2D eigenvalue weighted by Crippen LogP contribution is -2.47. The topological polar surface area (TPSA) is 51.2 Å². The number of methoxy groups -OCH3 is 3. The Bertz CT molecular complexity index is 1250. The molecule has 1 saturated heterocycles. The number of hydrogen-bond donors (Lipinski definition) is 0. The highest BCUT2D eigenvalue weighted by Gasteiger charge is 2.29. The number of carbonyl (C=O) groups is 1. The van der Waals surface area contributed by atoms with Crippen LogP contribution in [0.4, 0.5) is 0 Å². The zero-order valence-corrected chi connectivity index (χ0v) is 24.7. The molecule has 2 fully saturated rings. The molecule has 0 bridgehead atoms. The van der Waals surface area contributed by atoms with Crippen LogP contribution in [0.2, 0.25) is 0 Å². The van der Waals surface area contributed by atoms with Gasteiger partial charge in [-0.1, -0.05) is 26.3 Å². The third-order valence-corrected chi connectivity index (χ3v) is 8.27. The summed E-state index contributed by atoms with van der Waals surface area (Å²) in [6, 6.07) is 10.5. The first-order valence-corrected chi connectivity index (χ1v) is 14.3. The number of amides is 1. The van der Waals surface area contributed by atoms with Crippen LogP contribution in [0.3, 0.4) is 0 Å². The third kappa shape index (κ3) is 5.86. The van der Waals surface area contributed by atoms with E-state index in [1.807, 2.05) is 24.8 Å². The van der Waals surface area contributed by atoms with Crippen LogP contribution in [-0.2, 0) is 4.79 Å². The predicted octanol–water partition coefficient (Wildman–Crippen LogP) is 6.50. The SMILES string of the molecule is CC.COc1ccc2c(c1)C(CC(=O)N1CCN(C)CC1)=C(C)/C2=C/c1cc(OC)c(OC)c(C2CCC2)c1. The van der Waals surface area contributed by atoms with Crippen LogP contribution in [0.15, 0.2) is 35.9 Å². The maximum Gasteiger partial charge on any atom is 0.227 e. The van der Waals surface area contributed by atoms with Crippen molar-refractivity contribution in [3.63, 3.8) is 0 Å². The Kier molecular flexibility index (Phi) is 9.39. The fourth-order valence-electron chi connectivity index (χ4n) is 5.72. The molecule has 1 heterocycles. The van der Waals surface area contributed by atoms with E-state index in [1.165, 1.54) is 24.8 Å². The van der Waals surface area contributed by atoms with Crippen molar-refractivity contribution in [2.24, 2.45) is 0 Å². The van der Waals surface area contributed by atoms with Gasteiger partial charge < -0.3 is 24.0 Å². The lowest BCUT2D eigenvalue weighted by Gasteiger charge is -2.32. The largest absolute Gasteiger partial charge is 0.497 e. The van der Waals surface area contributed by atoms with E-state index in [1.54, 1.807) is 21.3 Å². The van der Waals surface area contributed by atoms with Crippen molar-refractivity contribution < 1.29 is 19.0 Å². The van der Waals surface area contributed by atoms with E-state index in [-0.39, 0.29) is 5.91 Å². The molecule has 2 aromatic rings. The number of rotatable bonds is 7. The Hall–Kier alpha value is -3.25. The van der Waals surface area contributed by atoms with Crippen LogP contribution in [0.25, 0.3) is 17.2 Å². The van der Waals surface area contributed by atoms with Gasteiger partial charge in [-0.3, -0.25) is 4.79 Å². The monoisotopic (exact) mass is 532 g/mol. The zero-order chi connectivity index (χ0) is 28.1. The molecular weight excluding hydrogens is 488 g/mol. The van der Waals surface area contributed by atoms with E-state index >= 15 is 0 Å². The fourth-order valence-corrected chi connectivity index (χ4v) is 5.72. The second kappa shape index (κ2) is 12.7. The number of likely N-dealkylation sites (N-methyl/N-ethyl adjacent to an activating group) is 1. The number of fused-ring (bicyclic) bond motifs is 1. The minimum absolute atomic E-state index is 0.191. The minimum atomic E-state index is 0.191. The van der Waals surface area contributed by atoms with Gasteiger partial charge in [-0.15, -0.1) is 0 Å². The summed E-state index contributed by atoms with van der Waals surface area (Å²) in [6.07, 6.45) is 6.24. The molecule has 39 heavy (non-hydrogen) atoms.